The summed E-state index contributed by atoms with van der Waals surface area (Å²) in [7, 11) is 0. The Morgan fingerprint density at radius 3 is 2.57 bits per heavy atom. The molecule has 0 unspecified atom stereocenters. The molecule has 0 saturated carbocycles. The van der Waals surface area contributed by atoms with Crippen molar-refractivity contribution in [1.29, 1.82) is 0 Å². The minimum atomic E-state index is 0.0300. The van der Waals surface area contributed by atoms with Crippen molar-refractivity contribution in [2.45, 2.75) is 19.9 Å². The van der Waals surface area contributed by atoms with Gasteiger partial charge in [-0.2, -0.15) is 0 Å². The Labute approximate surface area is 137 Å². The predicted molar refractivity (Wildman–Crippen MR) is 89.1 cm³/mol. The van der Waals surface area contributed by atoms with E-state index in [9.17, 15) is 4.79 Å². The summed E-state index contributed by atoms with van der Waals surface area (Å²) in [5.41, 5.74) is 2.63. The van der Waals surface area contributed by atoms with Crippen molar-refractivity contribution in [3.05, 3.63) is 59.7 Å². The van der Waals surface area contributed by atoms with Crippen molar-refractivity contribution in [2.75, 3.05) is 26.2 Å². The first-order chi connectivity index (χ1) is 11.1. The van der Waals surface area contributed by atoms with E-state index in [-0.39, 0.29) is 5.91 Å². The lowest BCUT2D eigenvalue weighted by molar-refractivity contribution is 0.0576. The Hall–Kier alpha value is -2.27. The van der Waals surface area contributed by atoms with E-state index in [0.717, 1.165) is 31.9 Å². The predicted octanol–water partition coefficient (Wildman–Crippen LogP) is 2.30. The van der Waals surface area contributed by atoms with E-state index in [1.807, 2.05) is 36.2 Å². The zero-order chi connectivity index (χ0) is 16.2. The number of aryl methyl sites for hydroxylation is 1. The molecule has 23 heavy (non-hydrogen) atoms. The van der Waals surface area contributed by atoms with Gasteiger partial charge in [0.2, 0.25) is 0 Å². The van der Waals surface area contributed by atoms with E-state index in [4.69, 9.17) is 0 Å². The molecule has 1 saturated heterocycles. The van der Waals surface area contributed by atoms with Crippen LogP contribution in [-0.2, 0) is 0 Å². The monoisotopic (exact) mass is 310 g/mol. The number of pyridine rings is 2. The Kier molecular flexibility index (Phi) is 4.67. The van der Waals surface area contributed by atoms with Crippen molar-refractivity contribution < 1.29 is 4.79 Å². The largest absolute Gasteiger partial charge is 0.335 e. The second-order valence-electron chi connectivity index (χ2n) is 5.95. The van der Waals surface area contributed by atoms with Crippen molar-refractivity contribution in [1.82, 2.24) is 19.8 Å². The van der Waals surface area contributed by atoms with Gasteiger partial charge in [0.05, 0.1) is 0 Å². The van der Waals surface area contributed by atoms with E-state index in [2.05, 4.69) is 27.9 Å². The van der Waals surface area contributed by atoms with Crippen LogP contribution >= 0.6 is 0 Å². The molecule has 2 aromatic heterocycles. The third-order valence-electron chi connectivity index (χ3n) is 4.42. The fourth-order valence-corrected chi connectivity index (χ4v) is 2.97. The minimum Gasteiger partial charge on any atom is -0.335 e. The van der Waals surface area contributed by atoms with Gasteiger partial charge in [-0.25, -0.2) is 4.98 Å². The minimum absolute atomic E-state index is 0.0300. The van der Waals surface area contributed by atoms with E-state index < -0.39 is 0 Å². The van der Waals surface area contributed by atoms with Crippen LogP contribution in [0.2, 0.25) is 0 Å². The number of carbonyl (C=O) groups is 1. The molecule has 0 aliphatic carbocycles. The van der Waals surface area contributed by atoms with Crippen LogP contribution in [0.15, 0.2) is 42.7 Å². The molecule has 1 fully saturated rings. The molecule has 5 heteroatoms. The Morgan fingerprint density at radius 1 is 1.13 bits per heavy atom. The van der Waals surface area contributed by atoms with Gasteiger partial charge in [-0.3, -0.25) is 14.7 Å². The highest BCUT2D eigenvalue weighted by molar-refractivity contribution is 5.92. The zero-order valence-electron chi connectivity index (χ0n) is 13.6. The molecule has 120 valence electrons. The first-order valence-corrected chi connectivity index (χ1v) is 8.02. The smallest absolute Gasteiger partial charge is 0.272 e. The summed E-state index contributed by atoms with van der Waals surface area (Å²) in [6.45, 7) is 7.31. The number of carbonyl (C=O) groups excluding carboxylic acids is 1. The normalized spacial score (nSPS) is 17.0. The molecule has 1 aliphatic heterocycles. The van der Waals surface area contributed by atoms with Crippen LogP contribution < -0.4 is 0 Å². The van der Waals surface area contributed by atoms with Crippen LogP contribution in [0.1, 0.15) is 34.7 Å². The summed E-state index contributed by atoms with van der Waals surface area (Å²) in [4.78, 5) is 25.4. The molecule has 0 radical (unpaired) electrons. The molecular formula is C18H22N4O. The molecule has 0 spiro atoms. The summed E-state index contributed by atoms with van der Waals surface area (Å²) in [6, 6.07) is 9.97. The molecule has 5 nitrogen and oxygen atoms in total. The van der Waals surface area contributed by atoms with Gasteiger partial charge in [0.25, 0.3) is 5.91 Å². The van der Waals surface area contributed by atoms with Crippen molar-refractivity contribution in [2.24, 2.45) is 0 Å². The number of rotatable bonds is 3. The van der Waals surface area contributed by atoms with Crippen molar-refractivity contribution in [3.8, 4) is 0 Å². The van der Waals surface area contributed by atoms with Gasteiger partial charge in [-0.15, -0.1) is 0 Å². The van der Waals surface area contributed by atoms with E-state index in [1.165, 1.54) is 5.56 Å². The van der Waals surface area contributed by atoms with E-state index >= 15 is 0 Å². The summed E-state index contributed by atoms with van der Waals surface area (Å²) in [6.07, 6.45) is 3.71. The van der Waals surface area contributed by atoms with Crippen LogP contribution in [0.4, 0.5) is 0 Å². The molecule has 0 aromatic carbocycles. The number of piperazine rings is 1. The highest BCUT2D eigenvalue weighted by atomic mass is 16.2. The SMILES string of the molecule is Cc1cccc(C(=O)N2CCN([C@H](C)c3cccnc3)CC2)n1. The summed E-state index contributed by atoms with van der Waals surface area (Å²) in [5.74, 6) is 0.0300. The van der Waals surface area contributed by atoms with Gasteiger partial charge < -0.3 is 4.90 Å². The highest BCUT2D eigenvalue weighted by Gasteiger charge is 2.25. The lowest BCUT2D eigenvalue weighted by atomic mass is 10.1. The van der Waals surface area contributed by atoms with E-state index in [0.29, 0.717) is 11.7 Å². The average Bonchev–Trinajstić information content (AvgIpc) is 2.61. The van der Waals surface area contributed by atoms with Gasteiger partial charge >= 0.3 is 0 Å². The van der Waals surface area contributed by atoms with Gasteiger partial charge in [0, 0.05) is 50.3 Å². The van der Waals surface area contributed by atoms with E-state index in [1.54, 1.807) is 12.3 Å². The van der Waals surface area contributed by atoms with Crippen LogP contribution in [0.3, 0.4) is 0 Å². The van der Waals surface area contributed by atoms with Gasteiger partial charge in [0.15, 0.2) is 0 Å². The van der Waals surface area contributed by atoms with Gasteiger partial charge in [0.1, 0.15) is 5.69 Å². The van der Waals surface area contributed by atoms with Gasteiger partial charge in [-0.05, 0) is 37.6 Å². The summed E-state index contributed by atoms with van der Waals surface area (Å²) in [5, 5.41) is 0. The topological polar surface area (TPSA) is 49.3 Å². The van der Waals surface area contributed by atoms with Crippen molar-refractivity contribution >= 4 is 5.91 Å². The Balaban J connectivity index is 1.61. The van der Waals surface area contributed by atoms with Crippen LogP contribution in [-0.4, -0.2) is 51.9 Å². The molecule has 2 aromatic rings. The fraction of sp³-hybridized carbons (Fsp3) is 0.389. The second-order valence-corrected chi connectivity index (χ2v) is 5.95. The standard InChI is InChI=1S/C18H22N4O/c1-14-5-3-7-17(20-14)18(23)22-11-9-21(10-12-22)15(2)16-6-4-8-19-13-16/h3-8,13,15H,9-12H2,1-2H3/t15-/m1/s1. The number of aromatic nitrogens is 2. The maximum atomic E-state index is 12.5. The van der Waals surface area contributed by atoms with Crippen LogP contribution in [0, 0.1) is 6.92 Å². The number of amides is 1. The first kappa shape index (κ1) is 15.6. The Bertz CT molecular complexity index is 666. The highest BCUT2D eigenvalue weighted by Crippen LogP contribution is 2.21. The third kappa shape index (κ3) is 3.56. The number of hydrogen-bond donors (Lipinski definition) is 0. The van der Waals surface area contributed by atoms with Crippen molar-refractivity contribution in [3.63, 3.8) is 0 Å². The van der Waals surface area contributed by atoms with Crippen LogP contribution in [0.25, 0.3) is 0 Å². The molecule has 1 amide bonds. The average molecular weight is 310 g/mol. The third-order valence-corrected chi connectivity index (χ3v) is 4.42. The lowest BCUT2D eigenvalue weighted by Gasteiger charge is -2.38. The van der Waals surface area contributed by atoms with Crippen LogP contribution in [0.5, 0.6) is 0 Å². The first-order valence-electron chi connectivity index (χ1n) is 8.02. The second kappa shape index (κ2) is 6.87. The molecule has 0 N–H and O–H groups in total. The lowest BCUT2D eigenvalue weighted by Crippen LogP contribution is -2.49. The molecular weight excluding hydrogens is 288 g/mol. The Morgan fingerprint density at radius 2 is 1.91 bits per heavy atom. The molecule has 1 atom stereocenters. The van der Waals surface area contributed by atoms with Gasteiger partial charge in [-0.1, -0.05) is 12.1 Å². The number of nitrogens with zero attached hydrogens (tertiary/aromatic N) is 4. The molecule has 3 heterocycles. The number of hydrogen-bond acceptors (Lipinski definition) is 4. The summed E-state index contributed by atoms with van der Waals surface area (Å²) >= 11 is 0. The summed E-state index contributed by atoms with van der Waals surface area (Å²) < 4.78 is 0. The molecule has 0 bridgehead atoms. The zero-order valence-corrected chi connectivity index (χ0v) is 13.6. The maximum Gasteiger partial charge on any atom is 0.272 e. The molecule has 3 rings (SSSR count). The maximum absolute atomic E-state index is 12.5. The fourth-order valence-electron chi connectivity index (χ4n) is 2.97. The molecule has 1 aliphatic rings. The quantitative estimate of drug-likeness (QED) is 0.873.